The number of hydrogen-bond acceptors (Lipinski definition) is 6. The lowest BCUT2D eigenvalue weighted by Crippen LogP contribution is -1.94. The number of pyridine rings is 4. The Labute approximate surface area is 402 Å². The highest BCUT2D eigenvalue weighted by molar-refractivity contribution is 6.09. The lowest BCUT2D eigenvalue weighted by molar-refractivity contribution is 0.796. The molecule has 0 radical (unpaired) electrons. The van der Waals surface area contributed by atoms with Crippen molar-refractivity contribution in [2.75, 3.05) is 0 Å². The van der Waals surface area contributed by atoms with Crippen LogP contribution in [0.2, 0.25) is 0 Å². The Bertz CT molecular complexity index is 2960. The second-order valence-corrected chi connectivity index (χ2v) is 18.6. The molecule has 2 aliphatic rings. The molecule has 7 aromatic heterocycles. The summed E-state index contributed by atoms with van der Waals surface area (Å²) in [6, 6.07) is 17.2. The molecule has 7 aromatic rings. The molecule has 8 heteroatoms. The zero-order valence-electron chi connectivity index (χ0n) is 41.4. The van der Waals surface area contributed by atoms with Crippen LogP contribution in [0.25, 0.3) is 88.9 Å². The van der Waals surface area contributed by atoms with Crippen molar-refractivity contribution in [1.29, 1.82) is 0 Å². The van der Waals surface area contributed by atoms with E-state index in [0.717, 1.165) is 166 Å². The fourth-order valence-electron chi connectivity index (χ4n) is 10.6. The van der Waals surface area contributed by atoms with Crippen LogP contribution in [0.5, 0.6) is 0 Å². The second-order valence-electron chi connectivity index (χ2n) is 18.6. The van der Waals surface area contributed by atoms with Gasteiger partial charge in [0.25, 0.3) is 0 Å². The van der Waals surface area contributed by atoms with Gasteiger partial charge in [-0.1, -0.05) is 53.4 Å². The zero-order valence-corrected chi connectivity index (χ0v) is 41.4. The van der Waals surface area contributed by atoms with Crippen molar-refractivity contribution in [2.24, 2.45) is 0 Å². The average Bonchev–Trinajstić information content (AvgIpc) is 4.07. The van der Waals surface area contributed by atoms with E-state index in [4.69, 9.17) is 9.97 Å². The van der Waals surface area contributed by atoms with Crippen molar-refractivity contribution in [1.82, 2.24) is 39.9 Å². The van der Waals surface area contributed by atoms with E-state index in [1.54, 1.807) is 0 Å². The van der Waals surface area contributed by atoms with Gasteiger partial charge in [-0.25, -0.2) is 9.97 Å². The van der Waals surface area contributed by atoms with Crippen molar-refractivity contribution in [2.45, 2.75) is 132 Å². The summed E-state index contributed by atoms with van der Waals surface area (Å²) in [5.41, 5.74) is 27.3. The standard InChI is InChI=1S/C60H66N8/c1-9-13-17-45-37(5)53-49(41-21-29-61-30-22-41)54-39(7)47(19-15-11-3)59(67-54)52(44-27-35-64-36-28-44)60-48(20-16-12-4)40(8)56(68-60)50(42-23-31-62-32-24-42)55-38(6)46(18-14-10-2)58(66-55)51(57(45)65-53)43-25-33-63-34-26-43/h21-36,65,68H,9-20H2,1-8H3. The minimum absolute atomic E-state index is 0.907. The molecule has 0 fully saturated rings. The number of rotatable bonds is 16. The number of aromatic nitrogens is 8. The summed E-state index contributed by atoms with van der Waals surface area (Å²) in [5, 5.41) is 0. The molecule has 2 N–H and O–H groups in total. The van der Waals surface area contributed by atoms with E-state index < -0.39 is 0 Å². The van der Waals surface area contributed by atoms with Crippen LogP contribution < -0.4 is 0 Å². The molecular formula is C60H66N8. The first-order valence-corrected chi connectivity index (χ1v) is 25.2. The largest absolute Gasteiger partial charge is 0.354 e. The van der Waals surface area contributed by atoms with Crippen LogP contribution in [-0.4, -0.2) is 39.9 Å². The molecule has 0 atom stereocenters. The molecule has 0 saturated carbocycles. The summed E-state index contributed by atoms with van der Waals surface area (Å²) in [6.07, 6.45) is 27.5. The SMILES string of the molecule is CCCCC1=C(C)c2nc1c(-c1ccncc1)c1[nH]c(c(C)c1CCCC)c(-c1ccncc1)c1nc(c(-c3ccncc3)c3[nH]c(c(C)c3CCCC)c2-c2ccncc2)C(CCCC)=C1C. The van der Waals surface area contributed by atoms with E-state index in [-0.39, 0.29) is 0 Å². The number of nitrogens with zero attached hydrogens (tertiary/aromatic N) is 6. The smallest absolute Gasteiger partial charge is 0.0772 e. The lowest BCUT2D eigenvalue weighted by Gasteiger charge is -2.11. The Morgan fingerprint density at radius 3 is 0.926 bits per heavy atom. The van der Waals surface area contributed by atoms with Crippen molar-refractivity contribution in [3.05, 3.63) is 143 Å². The van der Waals surface area contributed by atoms with Crippen LogP contribution in [0.3, 0.4) is 0 Å². The summed E-state index contributed by atoms with van der Waals surface area (Å²) in [5.74, 6) is 0. The fourth-order valence-corrected chi connectivity index (χ4v) is 10.6. The minimum atomic E-state index is 0.907. The van der Waals surface area contributed by atoms with Crippen LogP contribution >= 0.6 is 0 Å². The number of H-pyrrole nitrogens is 2. The van der Waals surface area contributed by atoms with Crippen molar-refractivity contribution in [3.8, 4) is 44.5 Å². The third-order valence-electron chi connectivity index (χ3n) is 14.3. The number of nitrogens with one attached hydrogen (secondary N) is 2. The quantitative estimate of drug-likeness (QED) is 0.1000. The molecule has 8 bridgehead atoms. The van der Waals surface area contributed by atoms with Crippen molar-refractivity contribution >= 4 is 44.4 Å². The predicted octanol–water partition coefficient (Wildman–Crippen LogP) is 16.1. The Hall–Kier alpha value is -6.80. The van der Waals surface area contributed by atoms with Gasteiger partial charge in [0.05, 0.1) is 44.8 Å². The van der Waals surface area contributed by atoms with Crippen LogP contribution in [-0.2, 0) is 12.8 Å². The normalized spacial score (nSPS) is 12.7. The van der Waals surface area contributed by atoms with Crippen LogP contribution in [0, 0.1) is 13.8 Å². The molecule has 2 aliphatic heterocycles. The molecular weight excluding hydrogens is 833 g/mol. The van der Waals surface area contributed by atoms with Gasteiger partial charge in [0.2, 0.25) is 0 Å². The maximum Gasteiger partial charge on any atom is 0.0772 e. The summed E-state index contributed by atoms with van der Waals surface area (Å²) in [4.78, 5) is 38.6. The monoisotopic (exact) mass is 899 g/mol. The summed E-state index contributed by atoms with van der Waals surface area (Å²) in [6.45, 7) is 18.4. The number of unbranched alkanes of at least 4 members (excludes halogenated alkanes) is 4. The number of hydrogen-bond donors (Lipinski definition) is 2. The van der Waals surface area contributed by atoms with Crippen LogP contribution in [0.15, 0.2) is 98.1 Å². The Kier molecular flexibility index (Phi) is 14.0. The molecule has 0 aliphatic carbocycles. The third-order valence-corrected chi connectivity index (χ3v) is 14.3. The highest BCUT2D eigenvalue weighted by Crippen LogP contribution is 2.49. The molecule has 0 amide bonds. The summed E-state index contributed by atoms with van der Waals surface area (Å²) < 4.78 is 0. The number of fused-ring (bicyclic) bond motifs is 8. The first-order chi connectivity index (χ1) is 33.3. The van der Waals surface area contributed by atoms with Gasteiger partial charge in [0.1, 0.15) is 0 Å². The summed E-state index contributed by atoms with van der Waals surface area (Å²) in [7, 11) is 0. The van der Waals surface area contributed by atoms with Crippen LogP contribution in [0.1, 0.15) is 151 Å². The van der Waals surface area contributed by atoms with E-state index in [9.17, 15) is 0 Å². The predicted molar refractivity (Wildman–Crippen MR) is 285 cm³/mol. The number of aryl methyl sites for hydroxylation is 4. The van der Waals surface area contributed by atoms with Crippen molar-refractivity contribution < 1.29 is 0 Å². The lowest BCUT2D eigenvalue weighted by atomic mass is 9.91. The Morgan fingerprint density at radius 1 is 0.353 bits per heavy atom. The van der Waals surface area contributed by atoms with E-state index in [2.05, 4.69) is 134 Å². The zero-order chi connectivity index (χ0) is 47.3. The fraction of sp³-hybridized carbons (Fsp3) is 0.333. The van der Waals surface area contributed by atoms with Gasteiger partial charge < -0.3 is 9.97 Å². The molecule has 0 saturated heterocycles. The molecule has 346 valence electrons. The van der Waals surface area contributed by atoms with E-state index >= 15 is 0 Å². The van der Waals surface area contributed by atoms with E-state index in [0.29, 0.717) is 0 Å². The maximum atomic E-state index is 5.99. The second kappa shape index (κ2) is 20.6. The van der Waals surface area contributed by atoms with Gasteiger partial charge in [-0.3, -0.25) is 19.9 Å². The van der Waals surface area contributed by atoms with Gasteiger partial charge in [-0.2, -0.15) is 0 Å². The van der Waals surface area contributed by atoms with Gasteiger partial charge >= 0.3 is 0 Å². The highest BCUT2D eigenvalue weighted by Gasteiger charge is 2.31. The molecule has 9 rings (SSSR count). The van der Waals surface area contributed by atoms with Crippen LogP contribution in [0.4, 0.5) is 0 Å². The third kappa shape index (κ3) is 8.54. The molecule has 8 nitrogen and oxygen atoms in total. The highest BCUT2D eigenvalue weighted by atomic mass is 14.8. The first-order valence-electron chi connectivity index (χ1n) is 25.2. The minimum Gasteiger partial charge on any atom is -0.354 e. The maximum absolute atomic E-state index is 5.99. The molecule has 68 heavy (non-hydrogen) atoms. The molecule has 0 spiro atoms. The van der Waals surface area contributed by atoms with Gasteiger partial charge in [-0.05, 0) is 194 Å². The molecule has 0 aromatic carbocycles. The van der Waals surface area contributed by atoms with E-state index in [1.807, 2.05) is 49.6 Å². The molecule has 0 unspecified atom stereocenters. The number of allylic oxidation sites excluding steroid dienone is 4. The first kappa shape index (κ1) is 46.3. The van der Waals surface area contributed by atoms with Gasteiger partial charge in [0.15, 0.2) is 0 Å². The summed E-state index contributed by atoms with van der Waals surface area (Å²) >= 11 is 0. The van der Waals surface area contributed by atoms with Gasteiger partial charge in [0, 0.05) is 71.8 Å². The van der Waals surface area contributed by atoms with E-state index in [1.165, 1.54) is 44.5 Å². The Morgan fingerprint density at radius 2 is 0.632 bits per heavy atom. The average molecular weight is 899 g/mol. The number of aromatic amines is 2. The topological polar surface area (TPSA) is 109 Å². The molecule has 9 heterocycles. The van der Waals surface area contributed by atoms with Crippen molar-refractivity contribution in [3.63, 3.8) is 0 Å². The Balaban J connectivity index is 1.65. The van der Waals surface area contributed by atoms with Gasteiger partial charge in [-0.15, -0.1) is 0 Å².